The van der Waals surface area contributed by atoms with E-state index in [0.717, 1.165) is 6.07 Å². The van der Waals surface area contributed by atoms with Gasteiger partial charge in [-0.2, -0.15) is 0 Å². The van der Waals surface area contributed by atoms with Crippen molar-refractivity contribution >= 4 is 50.3 Å². The molecule has 2 aliphatic rings. The van der Waals surface area contributed by atoms with E-state index in [2.05, 4.69) is 30.1 Å². The lowest BCUT2D eigenvalue weighted by atomic mass is 9.99. The largest absolute Gasteiger partial charge is 0.477 e. The first kappa shape index (κ1) is 27.2. The number of rotatable bonds is 5. The molecule has 11 nitrogen and oxygen atoms in total. The SMILES string of the molecule is CNc1cc(F)c(F)c2c1[nH]c1ncc(-c3cnc4c(c3)c(=O)c(C(=O)O)cn4C)c(N3CC4OCC(N(C)C)C4C3)c12. The van der Waals surface area contributed by atoms with Crippen LogP contribution in [-0.4, -0.2) is 88.5 Å². The lowest BCUT2D eigenvalue weighted by Gasteiger charge is -2.27. The monoisotopic (exact) mass is 589 g/mol. The van der Waals surface area contributed by atoms with Gasteiger partial charge in [0.05, 0.1) is 45.8 Å². The number of carbonyl (C=O) groups is 1. The average molecular weight is 590 g/mol. The zero-order valence-corrected chi connectivity index (χ0v) is 23.9. The number of anilines is 2. The molecule has 5 aromatic rings. The molecule has 0 bridgehead atoms. The molecule has 2 saturated heterocycles. The van der Waals surface area contributed by atoms with Crippen LogP contribution in [0.4, 0.5) is 20.2 Å². The molecule has 43 heavy (non-hydrogen) atoms. The molecular weight excluding hydrogens is 560 g/mol. The molecular formula is C30H29F2N7O4. The number of aromatic carboxylic acids is 1. The number of hydrogen-bond donors (Lipinski definition) is 3. The van der Waals surface area contributed by atoms with E-state index in [4.69, 9.17) is 4.74 Å². The quantitative estimate of drug-likeness (QED) is 0.283. The summed E-state index contributed by atoms with van der Waals surface area (Å²) in [6.45, 7) is 1.71. The predicted molar refractivity (Wildman–Crippen MR) is 159 cm³/mol. The lowest BCUT2D eigenvalue weighted by molar-refractivity contribution is 0.0695. The van der Waals surface area contributed by atoms with Crippen molar-refractivity contribution in [3.8, 4) is 11.1 Å². The van der Waals surface area contributed by atoms with Gasteiger partial charge in [-0.3, -0.25) is 4.79 Å². The van der Waals surface area contributed by atoms with Gasteiger partial charge in [0, 0.05) is 74.9 Å². The van der Waals surface area contributed by atoms with Gasteiger partial charge in [-0.05, 0) is 20.2 Å². The number of halogens is 2. The van der Waals surface area contributed by atoms with Crippen molar-refractivity contribution < 1.29 is 23.4 Å². The topological polar surface area (TPSA) is 129 Å². The highest BCUT2D eigenvalue weighted by molar-refractivity contribution is 6.18. The normalized spacial score (nSPS) is 20.2. The Kier molecular flexibility index (Phi) is 6.15. The van der Waals surface area contributed by atoms with E-state index < -0.39 is 23.0 Å². The molecule has 1 aromatic carbocycles. The van der Waals surface area contributed by atoms with E-state index in [0.29, 0.717) is 64.4 Å². The second kappa shape index (κ2) is 9.71. The van der Waals surface area contributed by atoms with Crippen molar-refractivity contribution in [2.45, 2.75) is 12.1 Å². The highest BCUT2D eigenvalue weighted by Crippen LogP contribution is 2.46. The minimum atomic E-state index is -1.34. The van der Waals surface area contributed by atoms with Gasteiger partial charge >= 0.3 is 5.97 Å². The summed E-state index contributed by atoms with van der Waals surface area (Å²) in [5.74, 6) is -3.17. The average Bonchev–Trinajstić information content (AvgIpc) is 3.68. The molecule has 4 aromatic heterocycles. The van der Waals surface area contributed by atoms with Gasteiger partial charge in [-0.15, -0.1) is 0 Å². The van der Waals surface area contributed by atoms with E-state index in [-0.39, 0.29) is 34.4 Å². The number of ether oxygens (including phenoxy) is 1. The molecule has 0 radical (unpaired) electrons. The van der Waals surface area contributed by atoms with Crippen LogP contribution in [0.15, 0.2) is 35.5 Å². The summed E-state index contributed by atoms with van der Waals surface area (Å²) in [5, 5.41) is 13.1. The molecule has 7 rings (SSSR count). The van der Waals surface area contributed by atoms with Gasteiger partial charge in [0.25, 0.3) is 0 Å². The number of pyridine rings is 3. The molecule has 0 aliphatic carbocycles. The van der Waals surface area contributed by atoms with E-state index >= 15 is 4.39 Å². The zero-order chi connectivity index (χ0) is 30.3. The highest BCUT2D eigenvalue weighted by atomic mass is 19.2. The van der Waals surface area contributed by atoms with Crippen LogP contribution in [-0.2, 0) is 11.8 Å². The zero-order valence-electron chi connectivity index (χ0n) is 23.9. The van der Waals surface area contributed by atoms with Gasteiger partial charge in [0.15, 0.2) is 11.6 Å². The minimum Gasteiger partial charge on any atom is -0.477 e. The third kappa shape index (κ3) is 3.98. The number of nitrogens with one attached hydrogen (secondary N) is 2. The summed E-state index contributed by atoms with van der Waals surface area (Å²) >= 11 is 0. The maximum atomic E-state index is 15.7. The second-order valence-corrected chi connectivity index (χ2v) is 11.4. The second-order valence-electron chi connectivity index (χ2n) is 11.4. The number of aromatic amines is 1. The van der Waals surface area contributed by atoms with Crippen molar-refractivity contribution in [1.82, 2.24) is 24.4 Å². The molecule has 0 spiro atoms. The fourth-order valence-corrected chi connectivity index (χ4v) is 6.75. The van der Waals surface area contributed by atoms with Crippen LogP contribution in [0.1, 0.15) is 10.4 Å². The standard InChI is InChI=1S/C30H29F2N7O4/c1-33-19-6-18(31)24(32)22-23-26(39-10-16-20(37(2)3)12-43-21(16)11-39)15(8-34-28(23)36-25(19)22)13-5-14-27(40)17(30(41)42)9-38(4)29(14)35-7-13/h5-9,16,20-21,33H,10-12H2,1-4H3,(H,34,36)(H,41,42). The summed E-state index contributed by atoms with van der Waals surface area (Å²) in [4.78, 5) is 41.5. The van der Waals surface area contributed by atoms with E-state index in [9.17, 15) is 19.1 Å². The first-order chi connectivity index (χ1) is 20.6. The molecule has 6 heterocycles. The molecule has 2 aliphatic heterocycles. The number of benzene rings is 1. The Labute approximate surface area is 243 Å². The molecule has 3 atom stereocenters. The Bertz CT molecular complexity index is 2040. The van der Waals surface area contributed by atoms with Crippen molar-refractivity contribution in [3.05, 3.63) is 58.1 Å². The van der Waals surface area contributed by atoms with Crippen LogP contribution >= 0.6 is 0 Å². The number of likely N-dealkylation sites (N-methyl/N-ethyl adjacent to an activating group) is 1. The fraction of sp³-hybridized carbons (Fsp3) is 0.333. The first-order valence-corrected chi connectivity index (χ1v) is 13.8. The van der Waals surface area contributed by atoms with Crippen LogP contribution in [0.25, 0.3) is 44.1 Å². The molecule has 3 unspecified atom stereocenters. The predicted octanol–water partition coefficient (Wildman–Crippen LogP) is 3.41. The third-order valence-corrected chi connectivity index (χ3v) is 8.85. The van der Waals surface area contributed by atoms with Gasteiger partial charge in [-0.1, -0.05) is 0 Å². The summed E-state index contributed by atoms with van der Waals surface area (Å²) < 4.78 is 38.3. The Morgan fingerprint density at radius 2 is 1.98 bits per heavy atom. The van der Waals surface area contributed by atoms with E-state index in [1.165, 1.54) is 10.8 Å². The maximum Gasteiger partial charge on any atom is 0.341 e. The maximum absolute atomic E-state index is 15.7. The van der Waals surface area contributed by atoms with Gasteiger partial charge in [0.1, 0.15) is 16.9 Å². The van der Waals surface area contributed by atoms with Crippen molar-refractivity contribution in [2.75, 3.05) is 51.1 Å². The molecule has 3 N–H and O–H groups in total. The number of fused-ring (bicyclic) bond motifs is 5. The fourth-order valence-electron chi connectivity index (χ4n) is 6.75. The minimum absolute atomic E-state index is 0.0589. The molecule has 0 saturated carbocycles. The van der Waals surface area contributed by atoms with Crippen LogP contribution in [0.2, 0.25) is 0 Å². The number of carboxylic acid groups (broad SMARTS) is 1. The van der Waals surface area contributed by atoms with Crippen LogP contribution < -0.4 is 15.6 Å². The molecule has 0 amide bonds. The Morgan fingerprint density at radius 3 is 2.70 bits per heavy atom. The van der Waals surface area contributed by atoms with Crippen molar-refractivity contribution in [1.29, 1.82) is 0 Å². The molecule has 2 fully saturated rings. The van der Waals surface area contributed by atoms with Gasteiger partial charge in [-0.25, -0.2) is 23.5 Å². The number of aryl methyl sites for hydroxylation is 1. The number of aromatic nitrogens is 4. The van der Waals surface area contributed by atoms with Gasteiger partial charge < -0.3 is 34.5 Å². The van der Waals surface area contributed by atoms with E-state index in [1.54, 1.807) is 32.6 Å². The van der Waals surface area contributed by atoms with E-state index in [1.807, 2.05) is 14.1 Å². The Balaban J connectivity index is 1.53. The summed E-state index contributed by atoms with van der Waals surface area (Å²) in [6.07, 6.45) is 4.37. The number of carboxylic acids is 1. The summed E-state index contributed by atoms with van der Waals surface area (Å²) in [7, 11) is 7.27. The van der Waals surface area contributed by atoms with Crippen LogP contribution in [0.3, 0.4) is 0 Å². The van der Waals surface area contributed by atoms with Crippen molar-refractivity contribution in [2.24, 2.45) is 13.0 Å². The van der Waals surface area contributed by atoms with Crippen molar-refractivity contribution in [3.63, 3.8) is 0 Å². The van der Waals surface area contributed by atoms with Crippen LogP contribution in [0, 0.1) is 17.6 Å². The number of nitrogens with zero attached hydrogens (tertiary/aromatic N) is 5. The Morgan fingerprint density at radius 1 is 1.19 bits per heavy atom. The smallest absolute Gasteiger partial charge is 0.341 e. The lowest BCUT2D eigenvalue weighted by Crippen LogP contribution is -2.37. The van der Waals surface area contributed by atoms with Crippen LogP contribution in [0.5, 0.6) is 0 Å². The highest BCUT2D eigenvalue weighted by Gasteiger charge is 2.45. The third-order valence-electron chi connectivity index (χ3n) is 8.85. The Hall–Kier alpha value is -4.62. The molecule has 222 valence electrons. The summed E-state index contributed by atoms with van der Waals surface area (Å²) in [6, 6.07) is 2.88. The van der Waals surface area contributed by atoms with Gasteiger partial charge in [0.2, 0.25) is 5.43 Å². The number of H-pyrrole nitrogens is 1. The summed E-state index contributed by atoms with van der Waals surface area (Å²) in [5.41, 5.74) is 2.02. The molecule has 13 heteroatoms. The first-order valence-electron chi connectivity index (χ1n) is 13.8. The number of hydrogen-bond acceptors (Lipinski definition) is 8.